The van der Waals surface area contributed by atoms with Crippen LogP contribution in [0.4, 0.5) is 0 Å². The minimum Gasteiger partial charge on any atom is -0.456 e. The standard InChI is InChI=1S/C69H42N4O/c1-3-15-43(16-4-1)44-29-31-45(32-30-44)46-33-35-49(36-34-46)57-41-59-64(42-62(57)73-60-38-37-48-18-10-12-25-54(48)65(60)58-39-51-21-7-8-22-52(51)40-61(58)73)74-63-28-14-27-56(66(59)63)69-71-67(50-19-5-2-6-20-50)70-68(72-69)55-26-13-23-47-17-9-11-24-53(47)55/h1-42H. The Labute approximate surface area is 425 Å². The first-order chi connectivity index (χ1) is 36.7. The lowest BCUT2D eigenvalue weighted by atomic mass is 9.95. The third kappa shape index (κ3) is 6.82. The van der Waals surface area contributed by atoms with Crippen LogP contribution in [0.2, 0.25) is 0 Å². The summed E-state index contributed by atoms with van der Waals surface area (Å²) >= 11 is 0. The van der Waals surface area contributed by atoms with Gasteiger partial charge in [0.1, 0.15) is 11.2 Å². The number of furan rings is 1. The van der Waals surface area contributed by atoms with Gasteiger partial charge in [0, 0.05) is 49.9 Å². The maximum absolute atomic E-state index is 7.03. The number of rotatable bonds is 7. The Hall–Kier alpha value is -9.97. The van der Waals surface area contributed by atoms with E-state index in [1.54, 1.807) is 0 Å². The van der Waals surface area contributed by atoms with Gasteiger partial charge in [-0.15, -0.1) is 0 Å². The summed E-state index contributed by atoms with van der Waals surface area (Å²) in [7, 11) is 0. The fraction of sp³-hybridized carbons (Fsp3) is 0. The maximum Gasteiger partial charge on any atom is 0.164 e. The Bertz CT molecular complexity index is 4690. The average Bonchev–Trinajstić information content (AvgIpc) is 4.01. The van der Waals surface area contributed by atoms with Crippen molar-refractivity contribution in [3.63, 3.8) is 0 Å². The average molecular weight is 943 g/mol. The Morgan fingerprint density at radius 3 is 1.51 bits per heavy atom. The Morgan fingerprint density at radius 1 is 0.270 bits per heavy atom. The first-order valence-electron chi connectivity index (χ1n) is 25.1. The number of fused-ring (bicyclic) bond motifs is 10. The predicted octanol–water partition coefficient (Wildman–Crippen LogP) is 18.3. The van der Waals surface area contributed by atoms with Gasteiger partial charge in [-0.25, -0.2) is 15.0 Å². The zero-order chi connectivity index (χ0) is 48.7. The van der Waals surface area contributed by atoms with Crippen LogP contribution < -0.4 is 0 Å². The van der Waals surface area contributed by atoms with E-state index < -0.39 is 0 Å². The quantitative estimate of drug-likeness (QED) is 0.160. The minimum absolute atomic E-state index is 0.574. The molecule has 0 atom stereocenters. The predicted molar refractivity (Wildman–Crippen MR) is 307 cm³/mol. The molecule has 74 heavy (non-hydrogen) atoms. The van der Waals surface area contributed by atoms with Crippen LogP contribution in [0.1, 0.15) is 0 Å². The number of benzene rings is 12. The molecule has 5 heteroatoms. The highest BCUT2D eigenvalue weighted by atomic mass is 16.3. The summed E-state index contributed by atoms with van der Waals surface area (Å²) in [6, 6.07) is 90.7. The fourth-order valence-corrected chi connectivity index (χ4v) is 11.3. The van der Waals surface area contributed by atoms with Gasteiger partial charge in [-0.05, 0) is 90.5 Å². The zero-order valence-electron chi connectivity index (χ0n) is 39.9. The summed E-state index contributed by atoms with van der Waals surface area (Å²) in [6.07, 6.45) is 0. The molecule has 0 aliphatic rings. The normalized spacial score (nSPS) is 11.8. The first kappa shape index (κ1) is 41.8. The summed E-state index contributed by atoms with van der Waals surface area (Å²) in [5, 5.41) is 11.4. The van der Waals surface area contributed by atoms with E-state index in [2.05, 4.69) is 235 Å². The molecule has 0 saturated heterocycles. The van der Waals surface area contributed by atoms with Crippen molar-refractivity contribution in [3.05, 3.63) is 255 Å². The van der Waals surface area contributed by atoms with Crippen molar-refractivity contribution in [1.82, 2.24) is 19.5 Å². The minimum atomic E-state index is 0.574. The van der Waals surface area contributed by atoms with E-state index in [9.17, 15) is 0 Å². The molecule has 15 rings (SSSR count). The maximum atomic E-state index is 7.03. The monoisotopic (exact) mass is 942 g/mol. The largest absolute Gasteiger partial charge is 0.456 e. The van der Waals surface area contributed by atoms with Crippen LogP contribution in [-0.4, -0.2) is 19.5 Å². The van der Waals surface area contributed by atoms with E-state index >= 15 is 0 Å². The lowest BCUT2D eigenvalue weighted by Gasteiger charge is -2.16. The Balaban J connectivity index is 0.984. The van der Waals surface area contributed by atoms with E-state index in [1.165, 1.54) is 43.4 Å². The van der Waals surface area contributed by atoms with E-state index in [0.29, 0.717) is 17.5 Å². The molecule has 5 nitrogen and oxygen atoms in total. The highest BCUT2D eigenvalue weighted by Gasteiger charge is 2.24. The summed E-state index contributed by atoms with van der Waals surface area (Å²) in [6.45, 7) is 0. The number of hydrogen-bond acceptors (Lipinski definition) is 4. The van der Waals surface area contributed by atoms with Gasteiger partial charge >= 0.3 is 0 Å². The second-order valence-corrected chi connectivity index (χ2v) is 19.1. The van der Waals surface area contributed by atoms with Crippen molar-refractivity contribution in [2.45, 2.75) is 0 Å². The smallest absolute Gasteiger partial charge is 0.164 e. The summed E-state index contributed by atoms with van der Waals surface area (Å²) in [5.74, 6) is 1.79. The van der Waals surface area contributed by atoms with Gasteiger partial charge < -0.3 is 8.98 Å². The zero-order valence-corrected chi connectivity index (χ0v) is 39.9. The Morgan fingerprint density at radius 2 is 0.797 bits per heavy atom. The molecule has 0 N–H and O–H groups in total. The van der Waals surface area contributed by atoms with Crippen LogP contribution in [0.3, 0.4) is 0 Å². The van der Waals surface area contributed by atoms with Gasteiger partial charge in [-0.3, -0.25) is 0 Å². The van der Waals surface area contributed by atoms with E-state index in [4.69, 9.17) is 19.4 Å². The molecule has 12 aromatic carbocycles. The molecule has 0 radical (unpaired) electrons. The molecule has 0 amide bonds. The van der Waals surface area contributed by atoms with Crippen LogP contribution >= 0.6 is 0 Å². The molecule has 0 aliphatic heterocycles. The third-order valence-corrected chi connectivity index (χ3v) is 14.8. The highest BCUT2D eigenvalue weighted by molar-refractivity contribution is 6.24. The molecule has 0 bridgehead atoms. The summed E-state index contributed by atoms with van der Waals surface area (Å²) in [5.41, 5.74) is 14.4. The van der Waals surface area contributed by atoms with Gasteiger partial charge in [0.15, 0.2) is 17.5 Å². The lowest BCUT2D eigenvalue weighted by molar-refractivity contribution is 0.668. The molecule has 3 heterocycles. The fourth-order valence-electron chi connectivity index (χ4n) is 11.3. The topological polar surface area (TPSA) is 56.7 Å². The van der Waals surface area contributed by atoms with Crippen molar-refractivity contribution in [1.29, 1.82) is 0 Å². The summed E-state index contributed by atoms with van der Waals surface area (Å²) in [4.78, 5) is 15.8. The third-order valence-electron chi connectivity index (χ3n) is 14.8. The van der Waals surface area contributed by atoms with Crippen LogP contribution in [0.5, 0.6) is 0 Å². The number of aromatic nitrogens is 4. The molecular weight excluding hydrogens is 901 g/mol. The molecule has 344 valence electrons. The van der Waals surface area contributed by atoms with E-state index in [-0.39, 0.29) is 0 Å². The number of nitrogens with zero attached hydrogens (tertiary/aromatic N) is 4. The molecule has 3 aromatic heterocycles. The van der Waals surface area contributed by atoms with Crippen molar-refractivity contribution >= 4 is 76.1 Å². The molecule has 0 aliphatic carbocycles. The van der Waals surface area contributed by atoms with Crippen molar-refractivity contribution in [2.75, 3.05) is 0 Å². The van der Waals surface area contributed by atoms with Crippen LogP contribution in [0.25, 0.3) is 149 Å². The van der Waals surface area contributed by atoms with Gasteiger partial charge in [0.25, 0.3) is 0 Å². The molecule has 0 fully saturated rings. The second-order valence-electron chi connectivity index (χ2n) is 19.1. The molecule has 0 saturated carbocycles. The van der Waals surface area contributed by atoms with Crippen LogP contribution in [0.15, 0.2) is 259 Å². The van der Waals surface area contributed by atoms with Gasteiger partial charge in [0.05, 0.1) is 16.7 Å². The molecule has 0 unspecified atom stereocenters. The van der Waals surface area contributed by atoms with Crippen molar-refractivity contribution < 1.29 is 4.42 Å². The number of hydrogen-bond donors (Lipinski definition) is 0. The van der Waals surface area contributed by atoms with Gasteiger partial charge in [-0.1, -0.05) is 218 Å². The molecule has 15 aromatic rings. The first-order valence-corrected chi connectivity index (χ1v) is 25.1. The molecule has 0 spiro atoms. The summed E-state index contributed by atoms with van der Waals surface area (Å²) < 4.78 is 9.49. The van der Waals surface area contributed by atoms with Crippen LogP contribution in [0, 0.1) is 0 Å². The second kappa shape index (κ2) is 16.8. The highest BCUT2D eigenvalue weighted by Crippen LogP contribution is 2.45. The van der Waals surface area contributed by atoms with E-state index in [0.717, 1.165) is 88.4 Å². The van der Waals surface area contributed by atoms with Gasteiger partial charge in [-0.2, -0.15) is 0 Å². The van der Waals surface area contributed by atoms with Crippen molar-refractivity contribution in [2.24, 2.45) is 0 Å². The molecular formula is C69H42N4O. The van der Waals surface area contributed by atoms with E-state index in [1.807, 2.05) is 24.3 Å². The van der Waals surface area contributed by atoms with Crippen LogP contribution in [-0.2, 0) is 0 Å². The van der Waals surface area contributed by atoms with Crippen molar-refractivity contribution in [3.8, 4) is 73.2 Å². The Kier molecular flexibility index (Phi) is 9.50. The SMILES string of the molecule is c1ccc(-c2ccc(-c3ccc(-c4cc5c(cc4-n4c6cc7ccccc7cc6c6c7ccccc7ccc64)oc4cccc(-c6nc(-c7ccccc7)nc(-c7cccc8ccccc78)n6)c45)cc3)cc2)cc1. The lowest BCUT2D eigenvalue weighted by Crippen LogP contribution is -2.01. The van der Waals surface area contributed by atoms with Gasteiger partial charge in [0.2, 0.25) is 0 Å².